The van der Waals surface area contributed by atoms with E-state index in [1.54, 1.807) is 18.3 Å². The van der Waals surface area contributed by atoms with Crippen molar-refractivity contribution in [2.75, 3.05) is 5.73 Å². The largest absolute Gasteiger partial charge is 0.399 e. The first-order chi connectivity index (χ1) is 9.53. The second kappa shape index (κ2) is 6.02. The average Bonchev–Trinajstić information content (AvgIpc) is 2.45. The summed E-state index contributed by atoms with van der Waals surface area (Å²) >= 11 is 0. The molecule has 20 heavy (non-hydrogen) atoms. The van der Waals surface area contributed by atoms with Gasteiger partial charge in [-0.05, 0) is 36.2 Å². The molecule has 1 aromatic carbocycles. The molecule has 0 saturated carbocycles. The Kier molecular flexibility index (Phi) is 4.36. The molecular weight excluding hydrogens is 274 g/mol. The van der Waals surface area contributed by atoms with Crippen molar-refractivity contribution >= 4 is 15.7 Å². The zero-order valence-electron chi connectivity index (χ0n) is 11.2. The van der Waals surface area contributed by atoms with Crippen molar-refractivity contribution in [1.82, 2.24) is 9.71 Å². The van der Waals surface area contributed by atoms with Crippen molar-refractivity contribution < 1.29 is 8.42 Å². The third-order valence-electron chi connectivity index (χ3n) is 2.96. The van der Waals surface area contributed by atoms with Gasteiger partial charge in [-0.1, -0.05) is 19.1 Å². The van der Waals surface area contributed by atoms with Crippen LogP contribution in [-0.2, 0) is 23.0 Å². The summed E-state index contributed by atoms with van der Waals surface area (Å²) < 4.78 is 26.9. The molecule has 1 heterocycles. The van der Waals surface area contributed by atoms with Crippen LogP contribution in [-0.4, -0.2) is 13.4 Å². The number of nitrogens with zero attached hydrogens (tertiary/aromatic N) is 1. The van der Waals surface area contributed by atoms with Crippen molar-refractivity contribution in [2.24, 2.45) is 0 Å². The predicted octanol–water partition coefficient (Wildman–Crippen LogP) is 1.70. The topological polar surface area (TPSA) is 85.1 Å². The molecule has 3 N–H and O–H groups in total. The second-order valence-electron chi connectivity index (χ2n) is 4.36. The number of aromatic nitrogens is 1. The minimum absolute atomic E-state index is 0.159. The van der Waals surface area contributed by atoms with E-state index in [9.17, 15) is 8.42 Å². The minimum atomic E-state index is -3.58. The van der Waals surface area contributed by atoms with Gasteiger partial charge in [-0.3, -0.25) is 4.98 Å². The van der Waals surface area contributed by atoms with E-state index in [4.69, 9.17) is 5.73 Å². The summed E-state index contributed by atoms with van der Waals surface area (Å²) in [5.41, 5.74) is 7.79. The Hall–Kier alpha value is -1.92. The van der Waals surface area contributed by atoms with E-state index >= 15 is 0 Å². The van der Waals surface area contributed by atoms with E-state index in [0.29, 0.717) is 5.69 Å². The maximum atomic E-state index is 12.2. The first-order valence-corrected chi connectivity index (χ1v) is 7.79. The van der Waals surface area contributed by atoms with Crippen molar-refractivity contribution in [3.63, 3.8) is 0 Å². The SMILES string of the molecule is CCc1cccnc1CNS(=O)(=O)c1cccc(N)c1. The van der Waals surface area contributed by atoms with Gasteiger partial charge in [-0.25, -0.2) is 13.1 Å². The molecule has 5 nitrogen and oxygen atoms in total. The Balaban J connectivity index is 2.17. The number of anilines is 1. The van der Waals surface area contributed by atoms with Crippen LogP contribution >= 0.6 is 0 Å². The number of rotatable bonds is 5. The molecule has 0 unspecified atom stereocenters. The molecule has 6 heteroatoms. The number of sulfonamides is 1. The van der Waals surface area contributed by atoms with E-state index in [1.807, 2.05) is 19.1 Å². The van der Waals surface area contributed by atoms with E-state index in [1.165, 1.54) is 12.1 Å². The molecule has 2 rings (SSSR count). The Morgan fingerprint density at radius 1 is 1.25 bits per heavy atom. The molecule has 2 aromatic rings. The van der Waals surface area contributed by atoms with Crippen LogP contribution in [0.2, 0.25) is 0 Å². The molecule has 0 amide bonds. The second-order valence-corrected chi connectivity index (χ2v) is 6.13. The highest BCUT2D eigenvalue weighted by Crippen LogP contribution is 2.13. The van der Waals surface area contributed by atoms with Gasteiger partial charge in [0.05, 0.1) is 17.1 Å². The smallest absolute Gasteiger partial charge is 0.240 e. The summed E-state index contributed by atoms with van der Waals surface area (Å²) in [4.78, 5) is 4.37. The van der Waals surface area contributed by atoms with Crippen molar-refractivity contribution in [1.29, 1.82) is 0 Å². The Morgan fingerprint density at radius 3 is 2.75 bits per heavy atom. The molecule has 0 spiro atoms. The molecule has 1 aromatic heterocycles. The van der Waals surface area contributed by atoms with Crippen LogP contribution in [0.15, 0.2) is 47.5 Å². The van der Waals surface area contributed by atoms with Gasteiger partial charge >= 0.3 is 0 Å². The number of benzene rings is 1. The van der Waals surface area contributed by atoms with Gasteiger partial charge in [0.1, 0.15) is 0 Å². The maximum absolute atomic E-state index is 12.2. The lowest BCUT2D eigenvalue weighted by Crippen LogP contribution is -2.24. The number of hydrogen-bond donors (Lipinski definition) is 2. The van der Waals surface area contributed by atoms with Gasteiger partial charge in [-0.2, -0.15) is 0 Å². The number of nitrogens with two attached hydrogens (primary N) is 1. The van der Waals surface area contributed by atoms with Gasteiger partial charge in [0.25, 0.3) is 0 Å². The summed E-state index contributed by atoms with van der Waals surface area (Å²) in [6.07, 6.45) is 2.46. The van der Waals surface area contributed by atoms with Crippen molar-refractivity contribution in [2.45, 2.75) is 24.8 Å². The highest BCUT2D eigenvalue weighted by Gasteiger charge is 2.14. The highest BCUT2D eigenvalue weighted by molar-refractivity contribution is 7.89. The summed E-state index contributed by atoms with van der Waals surface area (Å²) in [6.45, 7) is 2.17. The minimum Gasteiger partial charge on any atom is -0.399 e. The molecule has 0 aliphatic heterocycles. The molecule has 0 bridgehead atoms. The van der Waals surface area contributed by atoms with Crippen LogP contribution < -0.4 is 10.5 Å². The summed E-state index contributed by atoms with van der Waals surface area (Å²) in [5, 5.41) is 0. The zero-order valence-corrected chi connectivity index (χ0v) is 12.0. The summed E-state index contributed by atoms with van der Waals surface area (Å²) in [5.74, 6) is 0. The maximum Gasteiger partial charge on any atom is 0.240 e. The van der Waals surface area contributed by atoms with Crippen LogP contribution in [0.1, 0.15) is 18.2 Å². The Labute approximate surface area is 118 Å². The fourth-order valence-corrected chi connectivity index (χ4v) is 2.92. The first kappa shape index (κ1) is 14.5. The van der Waals surface area contributed by atoms with E-state index in [0.717, 1.165) is 17.7 Å². The van der Waals surface area contributed by atoms with Gasteiger partial charge < -0.3 is 5.73 Å². The Bertz CT molecular complexity index is 699. The number of aryl methyl sites for hydroxylation is 1. The van der Waals surface area contributed by atoms with E-state index in [2.05, 4.69) is 9.71 Å². The summed E-state index contributed by atoms with van der Waals surface area (Å²) in [6, 6.07) is 9.99. The monoisotopic (exact) mass is 291 g/mol. The van der Waals surface area contributed by atoms with Crippen LogP contribution in [0.5, 0.6) is 0 Å². The van der Waals surface area contributed by atoms with Gasteiger partial charge in [0.15, 0.2) is 0 Å². The number of nitrogens with one attached hydrogen (secondary N) is 1. The zero-order chi connectivity index (χ0) is 14.6. The fraction of sp³-hybridized carbons (Fsp3) is 0.214. The molecule has 0 atom stereocenters. The summed E-state index contributed by atoms with van der Waals surface area (Å²) in [7, 11) is -3.58. The quantitative estimate of drug-likeness (QED) is 0.821. The standard InChI is InChI=1S/C14H17N3O2S/c1-2-11-5-4-8-16-14(11)10-17-20(18,19)13-7-3-6-12(15)9-13/h3-9,17H,2,10,15H2,1H3. The molecule has 0 radical (unpaired) electrons. The van der Waals surface area contributed by atoms with E-state index in [-0.39, 0.29) is 11.4 Å². The Morgan fingerprint density at radius 2 is 2.05 bits per heavy atom. The highest BCUT2D eigenvalue weighted by atomic mass is 32.2. The van der Waals surface area contributed by atoms with Gasteiger partial charge in [0.2, 0.25) is 10.0 Å². The van der Waals surface area contributed by atoms with Crippen LogP contribution in [0, 0.1) is 0 Å². The van der Waals surface area contributed by atoms with Crippen LogP contribution in [0.3, 0.4) is 0 Å². The molecular formula is C14H17N3O2S. The number of nitrogen functional groups attached to an aromatic ring is 1. The molecule has 0 aliphatic rings. The van der Waals surface area contributed by atoms with E-state index < -0.39 is 10.0 Å². The lowest BCUT2D eigenvalue weighted by atomic mass is 10.1. The number of pyridine rings is 1. The molecule has 106 valence electrons. The van der Waals surface area contributed by atoms with Crippen molar-refractivity contribution in [3.8, 4) is 0 Å². The normalized spacial score (nSPS) is 11.4. The van der Waals surface area contributed by atoms with Gasteiger partial charge in [-0.15, -0.1) is 0 Å². The molecule has 0 saturated heterocycles. The lowest BCUT2D eigenvalue weighted by molar-refractivity contribution is 0.580. The van der Waals surface area contributed by atoms with Crippen LogP contribution in [0.4, 0.5) is 5.69 Å². The lowest BCUT2D eigenvalue weighted by Gasteiger charge is -2.09. The third kappa shape index (κ3) is 3.34. The van der Waals surface area contributed by atoms with Gasteiger partial charge in [0, 0.05) is 11.9 Å². The van der Waals surface area contributed by atoms with Crippen molar-refractivity contribution in [3.05, 3.63) is 53.9 Å². The number of hydrogen-bond acceptors (Lipinski definition) is 4. The average molecular weight is 291 g/mol. The predicted molar refractivity (Wildman–Crippen MR) is 78.5 cm³/mol. The first-order valence-electron chi connectivity index (χ1n) is 6.31. The molecule has 0 aliphatic carbocycles. The third-order valence-corrected chi connectivity index (χ3v) is 4.36. The van der Waals surface area contributed by atoms with Crippen LogP contribution in [0.25, 0.3) is 0 Å². The molecule has 0 fully saturated rings. The fourth-order valence-electron chi connectivity index (χ4n) is 1.88.